The highest BCUT2D eigenvalue weighted by Gasteiger charge is 2.44. The van der Waals surface area contributed by atoms with Crippen LogP contribution in [0.3, 0.4) is 0 Å². The van der Waals surface area contributed by atoms with E-state index in [1.165, 1.54) is 10.9 Å². The smallest absolute Gasteiger partial charge is 0.201 e. The van der Waals surface area contributed by atoms with Crippen molar-refractivity contribution in [2.75, 3.05) is 12.3 Å². The zero-order valence-electron chi connectivity index (χ0n) is 11.2. The molecule has 3 heterocycles. The van der Waals surface area contributed by atoms with Crippen molar-refractivity contribution < 1.29 is 14.9 Å². The van der Waals surface area contributed by atoms with Gasteiger partial charge in [-0.1, -0.05) is 0 Å². The molecule has 1 aliphatic heterocycles. The van der Waals surface area contributed by atoms with Crippen LogP contribution in [0, 0.1) is 0 Å². The molecule has 116 valence electrons. The fourth-order valence-corrected chi connectivity index (χ4v) is 2.40. The number of hydrogen-bond donors (Lipinski definition) is 4. The van der Waals surface area contributed by atoms with Gasteiger partial charge in [-0.3, -0.25) is 4.57 Å². The molecule has 1 fully saturated rings. The normalized spacial score (nSPS) is 28.0. The summed E-state index contributed by atoms with van der Waals surface area (Å²) in [6.45, 7) is 0.00926. The van der Waals surface area contributed by atoms with Crippen molar-refractivity contribution in [1.82, 2.24) is 19.5 Å². The maximum atomic E-state index is 10.2. The zero-order chi connectivity index (χ0) is 15.9. The number of nitrogens with two attached hydrogens (primary N) is 2. The average molecular weight is 307 g/mol. The maximum Gasteiger partial charge on any atom is 0.201 e. The molecule has 2 aromatic heterocycles. The van der Waals surface area contributed by atoms with E-state index in [4.69, 9.17) is 21.7 Å². The van der Waals surface area contributed by atoms with Crippen molar-refractivity contribution in [3.63, 3.8) is 0 Å². The second kappa shape index (κ2) is 5.36. The molecule has 0 spiro atoms. The third-order valence-corrected chi connectivity index (χ3v) is 3.44. The van der Waals surface area contributed by atoms with E-state index in [0.717, 1.165) is 0 Å². The van der Waals surface area contributed by atoms with Crippen molar-refractivity contribution >= 4 is 22.9 Å². The Balaban J connectivity index is 2.19. The highest BCUT2D eigenvalue weighted by molar-refractivity contribution is 5.83. The molecule has 0 aliphatic carbocycles. The molecule has 12 nitrogen and oxygen atoms in total. The molecular weight excluding hydrogens is 294 g/mol. The molecule has 1 aliphatic rings. The summed E-state index contributed by atoms with van der Waals surface area (Å²) in [5.74, 6) is -0.0276. The van der Waals surface area contributed by atoms with Crippen molar-refractivity contribution in [2.45, 2.75) is 24.5 Å². The molecule has 6 N–H and O–H groups in total. The molecule has 1 saturated heterocycles. The molecule has 22 heavy (non-hydrogen) atoms. The van der Waals surface area contributed by atoms with Gasteiger partial charge in [0.05, 0.1) is 0 Å². The monoisotopic (exact) mass is 307 g/mol. The van der Waals surface area contributed by atoms with E-state index >= 15 is 0 Å². The summed E-state index contributed by atoms with van der Waals surface area (Å²) in [4.78, 5) is 14.5. The number of nitrogens with zero attached hydrogens (tertiary/aromatic N) is 7. The Morgan fingerprint density at radius 1 is 1.41 bits per heavy atom. The van der Waals surface area contributed by atoms with E-state index in [1.807, 2.05) is 0 Å². The van der Waals surface area contributed by atoms with Gasteiger partial charge in [-0.2, -0.15) is 0 Å². The first kappa shape index (κ1) is 14.4. The van der Waals surface area contributed by atoms with Crippen molar-refractivity contribution in [3.8, 4) is 0 Å². The van der Waals surface area contributed by atoms with Gasteiger partial charge in [0, 0.05) is 11.5 Å². The van der Waals surface area contributed by atoms with Crippen LogP contribution < -0.4 is 11.5 Å². The van der Waals surface area contributed by atoms with Crippen LogP contribution in [0.5, 0.6) is 0 Å². The van der Waals surface area contributed by atoms with Gasteiger partial charge in [-0.25, -0.2) is 15.0 Å². The molecule has 0 radical (unpaired) electrons. The highest BCUT2D eigenvalue weighted by Crippen LogP contribution is 2.35. The lowest BCUT2D eigenvalue weighted by molar-refractivity contribution is -0.0311. The number of ether oxygens (including phenoxy) is 1. The Kier molecular flexibility index (Phi) is 3.52. The van der Waals surface area contributed by atoms with Crippen LogP contribution in [0.15, 0.2) is 11.4 Å². The number of aliphatic hydroxyl groups is 2. The van der Waals surface area contributed by atoms with Crippen LogP contribution in [0.25, 0.3) is 21.6 Å². The molecule has 0 saturated carbocycles. The molecule has 4 atom stereocenters. The number of imidazole rings is 1. The summed E-state index contributed by atoms with van der Waals surface area (Å²) in [7, 11) is 0. The lowest BCUT2D eigenvalue weighted by Crippen LogP contribution is -2.35. The van der Waals surface area contributed by atoms with Crippen LogP contribution in [0.4, 0.5) is 11.8 Å². The molecular formula is C10H13N9O3. The fourth-order valence-electron chi connectivity index (χ4n) is 2.40. The first-order chi connectivity index (χ1) is 10.6. The van der Waals surface area contributed by atoms with Crippen molar-refractivity contribution in [2.24, 2.45) is 10.8 Å². The largest absolute Gasteiger partial charge is 0.387 e. The Bertz CT molecular complexity index is 755. The predicted octanol–water partition coefficient (Wildman–Crippen LogP) is -1.07. The Labute approximate surface area is 123 Å². The highest BCUT2D eigenvalue weighted by atomic mass is 16.6. The van der Waals surface area contributed by atoms with Gasteiger partial charge < -0.3 is 26.4 Å². The summed E-state index contributed by atoms with van der Waals surface area (Å²) in [6, 6.07) is 0. The number of azide groups is 1. The standard InChI is InChI=1S/C10H13N9O3/c11-1-3-5(20)6(21)9(22-3)19-8-4(7(12)14-2-15-8)16-10(19)17-18-13/h2-3,5-6,9,20-21H,1,11H2,(H2,12,14,15)/t3-,5?,6?,9-/m1/s1. The fraction of sp³-hybridized carbons (Fsp3) is 0.500. The minimum Gasteiger partial charge on any atom is -0.387 e. The molecule has 12 heteroatoms. The van der Waals surface area contributed by atoms with Crippen molar-refractivity contribution in [3.05, 3.63) is 16.8 Å². The van der Waals surface area contributed by atoms with E-state index in [9.17, 15) is 10.2 Å². The maximum absolute atomic E-state index is 10.2. The third kappa shape index (κ3) is 2.03. The van der Waals surface area contributed by atoms with E-state index in [2.05, 4.69) is 25.0 Å². The van der Waals surface area contributed by atoms with Gasteiger partial charge in [0.25, 0.3) is 0 Å². The first-order valence-corrected chi connectivity index (χ1v) is 6.33. The first-order valence-electron chi connectivity index (χ1n) is 6.33. The molecule has 2 unspecified atom stereocenters. The third-order valence-electron chi connectivity index (χ3n) is 3.44. The second-order valence-electron chi connectivity index (χ2n) is 4.68. The van der Waals surface area contributed by atoms with Crippen LogP contribution in [-0.4, -0.2) is 54.6 Å². The second-order valence-corrected chi connectivity index (χ2v) is 4.68. The Morgan fingerprint density at radius 2 is 2.18 bits per heavy atom. The summed E-state index contributed by atoms with van der Waals surface area (Å²) in [5, 5.41) is 23.5. The van der Waals surface area contributed by atoms with Gasteiger partial charge in [0.1, 0.15) is 24.6 Å². The van der Waals surface area contributed by atoms with Crippen LogP contribution in [0.1, 0.15) is 6.23 Å². The molecule has 0 bridgehead atoms. The zero-order valence-corrected chi connectivity index (χ0v) is 11.2. The van der Waals surface area contributed by atoms with Gasteiger partial charge in [-0.15, -0.1) is 0 Å². The molecule has 0 amide bonds. The SMILES string of the molecule is [N-]=[N+]=Nc1nc2c(N)ncnc2n1[C@@H]1O[C@H](CN)C(O)C1O. The van der Waals surface area contributed by atoms with Gasteiger partial charge in [0.15, 0.2) is 23.2 Å². The minimum atomic E-state index is -1.30. The number of nitrogen functional groups attached to an aromatic ring is 1. The minimum absolute atomic E-state index is 0.00926. The topological polar surface area (TPSA) is 194 Å². The lowest BCUT2D eigenvalue weighted by atomic mass is 10.1. The van der Waals surface area contributed by atoms with E-state index in [1.54, 1.807) is 0 Å². The number of hydrogen-bond acceptors (Lipinski definition) is 9. The summed E-state index contributed by atoms with van der Waals surface area (Å²) in [5.41, 5.74) is 20.3. The molecule has 3 rings (SSSR count). The average Bonchev–Trinajstić information content (AvgIpc) is 3.00. The predicted molar refractivity (Wildman–Crippen MR) is 73.5 cm³/mol. The quantitative estimate of drug-likeness (QED) is 0.312. The molecule has 0 aromatic carbocycles. The van der Waals surface area contributed by atoms with Gasteiger partial charge >= 0.3 is 0 Å². The van der Waals surface area contributed by atoms with Gasteiger partial charge in [-0.05, 0) is 10.6 Å². The van der Waals surface area contributed by atoms with Crippen LogP contribution >= 0.6 is 0 Å². The number of aromatic nitrogens is 4. The Morgan fingerprint density at radius 3 is 2.82 bits per heavy atom. The number of rotatable bonds is 3. The molecule has 2 aromatic rings. The number of aliphatic hydroxyl groups excluding tert-OH is 2. The van der Waals surface area contributed by atoms with Crippen LogP contribution in [0.2, 0.25) is 0 Å². The summed E-state index contributed by atoms with van der Waals surface area (Å²) < 4.78 is 6.79. The number of anilines is 1. The summed E-state index contributed by atoms with van der Waals surface area (Å²) in [6.07, 6.45) is -3.12. The van der Waals surface area contributed by atoms with E-state index in [-0.39, 0.29) is 29.5 Å². The van der Waals surface area contributed by atoms with E-state index < -0.39 is 24.5 Å². The van der Waals surface area contributed by atoms with Gasteiger partial charge in [0.2, 0.25) is 5.95 Å². The van der Waals surface area contributed by atoms with Crippen molar-refractivity contribution in [1.29, 1.82) is 0 Å². The summed E-state index contributed by atoms with van der Waals surface area (Å²) >= 11 is 0. The Hall–Kier alpha value is -2.50. The lowest BCUT2D eigenvalue weighted by Gasteiger charge is -2.17. The van der Waals surface area contributed by atoms with E-state index in [0.29, 0.717) is 0 Å². The number of fused-ring (bicyclic) bond motifs is 1. The van der Waals surface area contributed by atoms with Crippen LogP contribution in [-0.2, 0) is 4.74 Å².